The molecule has 0 aliphatic carbocycles. The van der Waals surface area contributed by atoms with E-state index in [4.69, 9.17) is 14.3 Å². The molecule has 1 aromatic carbocycles. The lowest BCUT2D eigenvalue weighted by molar-refractivity contribution is -0.200. The molecule has 2 aromatic rings. The molecule has 2 amide bonds. The summed E-state index contributed by atoms with van der Waals surface area (Å²) in [4.78, 5) is 32.5. The third kappa shape index (κ3) is 7.47. The zero-order valence-electron chi connectivity index (χ0n) is 20.9. The third-order valence-electron chi connectivity index (χ3n) is 6.38. The fourth-order valence-corrected chi connectivity index (χ4v) is 7.32. The number of thiophene rings is 1. The summed E-state index contributed by atoms with van der Waals surface area (Å²) in [6.07, 6.45) is 7.11. The molecule has 3 heterocycles. The molecule has 0 spiro atoms. The first-order chi connectivity index (χ1) is 17.6. The van der Waals surface area contributed by atoms with E-state index in [0.717, 1.165) is 54.7 Å². The predicted octanol–water partition coefficient (Wildman–Crippen LogP) is 5.40. The Morgan fingerprint density at radius 2 is 1.94 bits per heavy atom. The average molecular weight is 533 g/mol. The van der Waals surface area contributed by atoms with Crippen LogP contribution in [0.5, 0.6) is 5.75 Å². The molecular weight excluding hydrogens is 496 g/mol. The quantitative estimate of drug-likeness (QED) is 0.377. The standard InChI is InChI=1S/C27H36N2O5S2/c1-2-15-28-25(31)19-33-21-10-8-20(9-11-21)22-12-13-23(36-22)27(14-4-6-17-35-27)18-24(30)29-34-26-7-3-5-16-32-26/h8-13,26H,2-7,14-19H2,1H3,(H,28,31)(H,29,30)/t26?,27-/m0/s1. The van der Waals surface area contributed by atoms with Gasteiger partial charge in [-0.25, -0.2) is 10.3 Å². The van der Waals surface area contributed by atoms with E-state index < -0.39 is 0 Å². The minimum Gasteiger partial charge on any atom is -0.484 e. The second kappa shape index (κ2) is 13.5. The maximum absolute atomic E-state index is 12.9. The highest BCUT2D eigenvalue weighted by Crippen LogP contribution is 2.50. The van der Waals surface area contributed by atoms with Crippen LogP contribution in [0.4, 0.5) is 0 Å². The van der Waals surface area contributed by atoms with Gasteiger partial charge in [-0.2, -0.15) is 0 Å². The van der Waals surface area contributed by atoms with Crippen molar-refractivity contribution in [3.05, 3.63) is 41.3 Å². The van der Waals surface area contributed by atoms with Crippen LogP contribution < -0.4 is 15.5 Å². The van der Waals surface area contributed by atoms with E-state index in [-0.39, 0.29) is 29.5 Å². The van der Waals surface area contributed by atoms with Crippen LogP contribution in [0.15, 0.2) is 36.4 Å². The second-order valence-electron chi connectivity index (χ2n) is 9.24. The highest BCUT2D eigenvalue weighted by atomic mass is 32.2. The van der Waals surface area contributed by atoms with Crippen molar-refractivity contribution in [2.45, 2.75) is 69.3 Å². The maximum atomic E-state index is 12.9. The lowest BCUT2D eigenvalue weighted by Gasteiger charge is -2.35. The van der Waals surface area contributed by atoms with Crippen molar-refractivity contribution < 1.29 is 23.9 Å². The summed E-state index contributed by atoms with van der Waals surface area (Å²) in [5.74, 6) is 1.50. The molecule has 1 unspecified atom stereocenters. The molecule has 2 atom stereocenters. The van der Waals surface area contributed by atoms with E-state index in [2.05, 4.69) is 22.9 Å². The first kappa shape index (κ1) is 27.0. The van der Waals surface area contributed by atoms with Crippen LogP contribution in [0.25, 0.3) is 10.4 Å². The van der Waals surface area contributed by atoms with Gasteiger partial charge in [-0.1, -0.05) is 13.3 Å². The molecule has 2 aliphatic rings. The van der Waals surface area contributed by atoms with Crippen molar-refractivity contribution in [1.29, 1.82) is 0 Å². The summed E-state index contributed by atoms with van der Waals surface area (Å²) in [7, 11) is 0. The fourth-order valence-electron chi connectivity index (χ4n) is 4.42. The van der Waals surface area contributed by atoms with E-state index in [0.29, 0.717) is 25.3 Å². The van der Waals surface area contributed by atoms with Gasteiger partial charge >= 0.3 is 0 Å². The van der Waals surface area contributed by atoms with Crippen LogP contribution in [0, 0.1) is 0 Å². The van der Waals surface area contributed by atoms with E-state index in [1.54, 1.807) is 11.3 Å². The monoisotopic (exact) mass is 532 g/mol. The molecule has 9 heteroatoms. The average Bonchev–Trinajstić information content (AvgIpc) is 3.42. The van der Waals surface area contributed by atoms with Crippen LogP contribution in [0.1, 0.15) is 63.2 Å². The number of carbonyl (C=O) groups is 2. The Hall–Kier alpha value is -2.07. The molecule has 2 N–H and O–H groups in total. The molecule has 0 radical (unpaired) electrons. The molecule has 2 fully saturated rings. The molecule has 196 valence electrons. The molecule has 4 rings (SSSR count). The number of nitrogens with one attached hydrogen (secondary N) is 2. The first-order valence-corrected chi connectivity index (χ1v) is 14.7. The molecule has 36 heavy (non-hydrogen) atoms. The molecule has 1 aromatic heterocycles. The smallest absolute Gasteiger partial charge is 0.257 e. The first-order valence-electron chi connectivity index (χ1n) is 12.9. The number of carbonyl (C=O) groups excluding carboxylic acids is 2. The lowest BCUT2D eigenvalue weighted by Crippen LogP contribution is -2.37. The van der Waals surface area contributed by atoms with E-state index in [1.165, 1.54) is 11.3 Å². The van der Waals surface area contributed by atoms with Crippen LogP contribution in [-0.4, -0.2) is 43.6 Å². The van der Waals surface area contributed by atoms with E-state index >= 15 is 0 Å². The molecule has 0 saturated carbocycles. The third-order valence-corrected chi connectivity index (χ3v) is 9.46. The highest BCUT2D eigenvalue weighted by Gasteiger charge is 2.38. The Morgan fingerprint density at radius 1 is 1.08 bits per heavy atom. The van der Waals surface area contributed by atoms with Crippen molar-refractivity contribution in [2.75, 3.05) is 25.5 Å². The second-order valence-corrected chi connectivity index (χ2v) is 11.8. The Kier molecular flexibility index (Phi) is 10.1. The maximum Gasteiger partial charge on any atom is 0.257 e. The van der Waals surface area contributed by atoms with Gasteiger partial charge in [0, 0.05) is 35.7 Å². The predicted molar refractivity (Wildman–Crippen MR) is 144 cm³/mol. The van der Waals surface area contributed by atoms with Gasteiger partial charge in [0.1, 0.15) is 5.75 Å². The zero-order valence-corrected chi connectivity index (χ0v) is 22.5. The Balaban J connectivity index is 1.38. The number of benzene rings is 1. The summed E-state index contributed by atoms with van der Waals surface area (Å²) in [6.45, 7) is 3.37. The van der Waals surface area contributed by atoms with Gasteiger partial charge in [-0.3, -0.25) is 9.59 Å². The van der Waals surface area contributed by atoms with Crippen LogP contribution >= 0.6 is 23.1 Å². The minimum atomic E-state index is -0.344. The largest absolute Gasteiger partial charge is 0.484 e. The van der Waals surface area contributed by atoms with Crippen molar-refractivity contribution in [3.63, 3.8) is 0 Å². The minimum absolute atomic E-state index is 0.0148. The van der Waals surface area contributed by atoms with Gasteiger partial charge in [0.05, 0.1) is 4.75 Å². The van der Waals surface area contributed by atoms with Crippen molar-refractivity contribution >= 4 is 34.9 Å². The number of rotatable bonds is 11. The van der Waals surface area contributed by atoms with Gasteiger partial charge in [0.15, 0.2) is 12.9 Å². The summed E-state index contributed by atoms with van der Waals surface area (Å²) < 4.78 is 10.9. The topological polar surface area (TPSA) is 85.9 Å². The number of thioether (sulfide) groups is 1. The van der Waals surface area contributed by atoms with Crippen molar-refractivity contribution in [1.82, 2.24) is 10.8 Å². The van der Waals surface area contributed by atoms with Crippen molar-refractivity contribution in [3.8, 4) is 16.2 Å². The van der Waals surface area contributed by atoms with Gasteiger partial charge in [-0.15, -0.1) is 23.1 Å². The fraction of sp³-hybridized carbons (Fsp3) is 0.556. The Labute approximate surface area is 221 Å². The van der Waals surface area contributed by atoms with Gasteiger partial charge in [0.25, 0.3) is 5.91 Å². The Morgan fingerprint density at radius 3 is 2.67 bits per heavy atom. The number of hydrogen-bond acceptors (Lipinski definition) is 7. The molecule has 7 nitrogen and oxygen atoms in total. The normalized spacial score (nSPS) is 22.1. The summed E-state index contributed by atoms with van der Waals surface area (Å²) in [5.41, 5.74) is 3.74. The van der Waals surface area contributed by atoms with Crippen molar-refractivity contribution in [2.24, 2.45) is 0 Å². The van der Waals surface area contributed by atoms with Crippen LogP contribution in [0.2, 0.25) is 0 Å². The summed E-state index contributed by atoms with van der Waals surface area (Å²) in [5, 5.41) is 2.81. The van der Waals surface area contributed by atoms with Gasteiger partial charge < -0.3 is 14.8 Å². The van der Waals surface area contributed by atoms with Gasteiger partial charge in [-0.05, 0) is 79.8 Å². The van der Waals surface area contributed by atoms with Crippen LogP contribution in [-0.2, 0) is 23.9 Å². The number of amides is 2. The van der Waals surface area contributed by atoms with Crippen LogP contribution in [0.3, 0.4) is 0 Å². The lowest BCUT2D eigenvalue weighted by atomic mass is 9.94. The van der Waals surface area contributed by atoms with Gasteiger partial charge in [0.2, 0.25) is 5.91 Å². The molecule has 2 aliphatic heterocycles. The molecular formula is C27H36N2O5S2. The molecule has 0 bridgehead atoms. The number of ether oxygens (including phenoxy) is 2. The summed E-state index contributed by atoms with van der Waals surface area (Å²) in [6, 6.07) is 12.1. The Bertz CT molecular complexity index is 982. The SMILES string of the molecule is CCCNC(=O)COc1ccc(-c2ccc([C@@]3(CC(=O)NOC4CCCCO4)CCCCS3)s2)cc1. The number of hydroxylamine groups is 1. The summed E-state index contributed by atoms with van der Waals surface area (Å²) >= 11 is 3.63. The molecule has 2 saturated heterocycles. The zero-order chi connectivity index (χ0) is 25.2. The van der Waals surface area contributed by atoms with E-state index in [9.17, 15) is 9.59 Å². The highest BCUT2D eigenvalue weighted by molar-refractivity contribution is 8.00. The number of hydrogen-bond donors (Lipinski definition) is 2. The van der Waals surface area contributed by atoms with E-state index in [1.807, 2.05) is 43.0 Å².